The minimum Gasteiger partial charge on any atom is -0.378 e. The van der Waals surface area contributed by atoms with Gasteiger partial charge in [-0.3, -0.25) is 0 Å². The number of benzene rings is 2. The first kappa shape index (κ1) is 14.0. The van der Waals surface area contributed by atoms with E-state index in [0.717, 1.165) is 17.7 Å². The molecule has 0 aromatic heterocycles. The lowest BCUT2D eigenvalue weighted by Gasteiger charge is -2.16. The Balaban J connectivity index is 2.12. The van der Waals surface area contributed by atoms with Crippen molar-refractivity contribution < 1.29 is 8.78 Å². The second kappa shape index (κ2) is 6.16. The molecule has 0 aliphatic rings. The molecule has 2 aromatic carbocycles. The van der Waals surface area contributed by atoms with Crippen LogP contribution in [0.1, 0.15) is 18.1 Å². The fourth-order valence-electron chi connectivity index (χ4n) is 2.04. The molecule has 0 aliphatic carbocycles. The van der Waals surface area contributed by atoms with Crippen LogP contribution in [0.2, 0.25) is 0 Å². The van der Waals surface area contributed by atoms with Gasteiger partial charge in [-0.25, -0.2) is 8.78 Å². The molecule has 2 nitrogen and oxygen atoms in total. The highest BCUT2D eigenvalue weighted by Crippen LogP contribution is 2.22. The van der Waals surface area contributed by atoms with Gasteiger partial charge in [-0.05, 0) is 31.0 Å². The maximum atomic E-state index is 13.7. The zero-order valence-corrected chi connectivity index (χ0v) is 11.0. The van der Waals surface area contributed by atoms with Gasteiger partial charge < -0.3 is 5.32 Å². The van der Waals surface area contributed by atoms with Crippen LogP contribution in [-0.2, 0) is 6.42 Å². The van der Waals surface area contributed by atoms with E-state index < -0.39 is 11.6 Å². The first-order valence-electron chi connectivity index (χ1n) is 6.29. The second-order valence-corrected chi connectivity index (χ2v) is 4.66. The van der Waals surface area contributed by atoms with Crippen molar-refractivity contribution in [1.82, 2.24) is 0 Å². The van der Waals surface area contributed by atoms with Crippen LogP contribution in [0.4, 0.5) is 14.5 Å². The summed E-state index contributed by atoms with van der Waals surface area (Å²) < 4.78 is 27.5. The molecule has 0 spiro atoms. The molecule has 0 saturated heterocycles. The van der Waals surface area contributed by atoms with Crippen LogP contribution >= 0.6 is 0 Å². The van der Waals surface area contributed by atoms with E-state index >= 15 is 0 Å². The van der Waals surface area contributed by atoms with Crippen LogP contribution in [0.15, 0.2) is 42.5 Å². The Labute approximate surface area is 116 Å². The van der Waals surface area contributed by atoms with Crippen LogP contribution in [-0.4, -0.2) is 6.04 Å². The molecule has 20 heavy (non-hydrogen) atoms. The van der Waals surface area contributed by atoms with Crippen molar-refractivity contribution in [3.05, 3.63) is 65.2 Å². The highest BCUT2D eigenvalue weighted by molar-refractivity contribution is 5.51. The summed E-state index contributed by atoms with van der Waals surface area (Å²) in [5.41, 5.74) is 0.871. The molecule has 1 N–H and O–H groups in total. The van der Waals surface area contributed by atoms with E-state index in [1.165, 1.54) is 0 Å². The number of nitrogens with zero attached hydrogens (tertiary/aromatic N) is 1. The lowest BCUT2D eigenvalue weighted by molar-refractivity contribution is 0.582. The maximum absolute atomic E-state index is 13.7. The standard InChI is InChI=1S/C16H14F2N2/c1-11(7-12-5-3-2-4-6-12)20-16-14(17)8-13(10-19)9-15(16)18/h2-6,8-9,11,20H,7H2,1H3. The van der Waals surface area contributed by atoms with Gasteiger partial charge in [0.25, 0.3) is 0 Å². The van der Waals surface area contributed by atoms with Crippen LogP contribution in [0.25, 0.3) is 0 Å². The Morgan fingerprint density at radius 2 is 1.75 bits per heavy atom. The van der Waals surface area contributed by atoms with Crippen molar-refractivity contribution in [3.63, 3.8) is 0 Å². The Kier molecular flexibility index (Phi) is 4.31. The summed E-state index contributed by atoms with van der Waals surface area (Å²) in [4.78, 5) is 0. The van der Waals surface area contributed by atoms with Gasteiger partial charge in [0.15, 0.2) is 11.6 Å². The van der Waals surface area contributed by atoms with Gasteiger partial charge >= 0.3 is 0 Å². The average Bonchev–Trinajstić information content (AvgIpc) is 2.43. The first-order valence-corrected chi connectivity index (χ1v) is 6.29. The summed E-state index contributed by atoms with van der Waals surface area (Å²) in [5, 5.41) is 11.5. The quantitative estimate of drug-likeness (QED) is 0.916. The molecular formula is C16H14F2N2. The van der Waals surface area contributed by atoms with Crippen molar-refractivity contribution in [1.29, 1.82) is 5.26 Å². The van der Waals surface area contributed by atoms with Gasteiger partial charge in [0.05, 0.1) is 11.6 Å². The summed E-state index contributed by atoms with van der Waals surface area (Å²) >= 11 is 0. The highest BCUT2D eigenvalue weighted by Gasteiger charge is 2.13. The summed E-state index contributed by atoms with van der Waals surface area (Å²) in [6, 6.07) is 13.3. The third-order valence-electron chi connectivity index (χ3n) is 2.95. The Hall–Kier alpha value is -2.41. The van der Waals surface area contributed by atoms with Crippen LogP contribution < -0.4 is 5.32 Å². The Morgan fingerprint density at radius 1 is 1.15 bits per heavy atom. The number of nitriles is 1. The van der Waals surface area contributed by atoms with Crippen molar-refractivity contribution >= 4 is 5.69 Å². The van der Waals surface area contributed by atoms with Gasteiger partial charge in [0.2, 0.25) is 0 Å². The number of rotatable bonds is 4. The summed E-state index contributed by atoms with van der Waals surface area (Å²) in [7, 11) is 0. The van der Waals surface area contributed by atoms with Crippen molar-refractivity contribution in [2.24, 2.45) is 0 Å². The molecule has 0 amide bonds. The molecule has 2 rings (SSSR count). The molecule has 1 atom stereocenters. The zero-order valence-electron chi connectivity index (χ0n) is 11.0. The van der Waals surface area contributed by atoms with E-state index in [-0.39, 0.29) is 17.3 Å². The monoisotopic (exact) mass is 272 g/mol. The number of halogens is 2. The fourth-order valence-corrected chi connectivity index (χ4v) is 2.04. The summed E-state index contributed by atoms with van der Waals surface area (Å²) in [6.07, 6.45) is 0.653. The minimum absolute atomic E-state index is 0.0266. The molecule has 102 valence electrons. The predicted octanol–water partition coefficient (Wildman–Crippen LogP) is 3.88. The van der Waals surface area contributed by atoms with Crippen molar-refractivity contribution in [2.75, 3.05) is 5.32 Å². The van der Waals surface area contributed by atoms with Gasteiger partial charge in [0, 0.05) is 6.04 Å². The van der Waals surface area contributed by atoms with Crippen LogP contribution in [0.3, 0.4) is 0 Å². The second-order valence-electron chi connectivity index (χ2n) is 4.66. The predicted molar refractivity (Wildman–Crippen MR) is 74.3 cm³/mol. The van der Waals surface area contributed by atoms with E-state index in [9.17, 15) is 8.78 Å². The number of nitrogens with one attached hydrogen (secondary N) is 1. The molecule has 0 fully saturated rings. The molecule has 0 radical (unpaired) electrons. The fraction of sp³-hybridized carbons (Fsp3) is 0.188. The van der Waals surface area contributed by atoms with Gasteiger partial charge in [0.1, 0.15) is 5.69 Å². The molecular weight excluding hydrogens is 258 g/mol. The maximum Gasteiger partial charge on any atom is 0.150 e. The molecule has 0 bridgehead atoms. The molecule has 0 heterocycles. The van der Waals surface area contributed by atoms with Gasteiger partial charge in [-0.15, -0.1) is 0 Å². The first-order chi connectivity index (χ1) is 9.60. The molecule has 0 saturated carbocycles. The van der Waals surface area contributed by atoms with E-state index in [0.29, 0.717) is 6.42 Å². The molecule has 4 heteroatoms. The molecule has 1 unspecified atom stereocenters. The normalized spacial score (nSPS) is 11.7. The third kappa shape index (κ3) is 3.33. The Bertz CT molecular complexity index is 610. The topological polar surface area (TPSA) is 35.8 Å². The summed E-state index contributed by atoms with van der Waals surface area (Å²) in [5.74, 6) is -1.50. The van der Waals surface area contributed by atoms with E-state index in [1.807, 2.05) is 37.3 Å². The van der Waals surface area contributed by atoms with E-state index in [4.69, 9.17) is 5.26 Å². The lowest BCUT2D eigenvalue weighted by atomic mass is 10.1. The van der Waals surface area contributed by atoms with Gasteiger partial charge in [-0.1, -0.05) is 30.3 Å². The third-order valence-corrected chi connectivity index (χ3v) is 2.95. The van der Waals surface area contributed by atoms with Gasteiger partial charge in [-0.2, -0.15) is 5.26 Å². The summed E-state index contributed by atoms with van der Waals surface area (Å²) in [6.45, 7) is 1.85. The zero-order chi connectivity index (χ0) is 14.5. The van der Waals surface area contributed by atoms with Crippen molar-refractivity contribution in [2.45, 2.75) is 19.4 Å². The minimum atomic E-state index is -0.749. The SMILES string of the molecule is CC(Cc1ccccc1)Nc1c(F)cc(C#N)cc1F. The smallest absolute Gasteiger partial charge is 0.150 e. The Morgan fingerprint density at radius 3 is 2.30 bits per heavy atom. The average molecular weight is 272 g/mol. The van der Waals surface area contributed by atoms with E-state index in [2.05, 4.69) is 5.32 Å². The number of hydrogen-bond acceptors (Lipinski definition) is 2. The lowest BCUT2D eigenvalue weighted by Crippen LogP contribution is -2.20. The van der Waals surface area contributed by atoms with E-state index in [1.54, 1.807) is 6.07 Å². The highest BCUT2D eigenvalue weighted by atomic mass is 19.1. The van der Waals surface area contributed by atoms with Crippen LogP contribution in [0.5, 0.6) is 0 Å². The largest absolute Gasteiger partial charge is 0.378 e. The molecule has 2 aromatic rings. The van der Waals surface area contributed by atoms with Crippen molar-refractivity contribution in [3.8, 4) is 6.07 Å². The molecule has 0 aliphatic heterocycles. The number of anilines is 1. The number of hydrogen-bond donors (Lipinski definition) is 1. The van der Waals surface area contributed by atoms with Crippen LogP contribution in [0, 0.1) is 23.0 Å².